The summed E-state index contributed by atoms with van der Waals surface area (Å²) in [5, 5.41) is 46.7. The van der Waals surface area contributed by atoms with E-state index >= 15 is 0 Å². The fraction of sp³-hybridized carbons (Fsp3) is 0.0208. The van der Waals surface area contributed by atoms with Gasteiger partial charge in [0.2, 0.25) is 0 Å². The number of benzene rings is 8. The summed E-state index contributed by atoms with van der Waals surface area (Å²) in [6, 6.07) is 41.4. The number of aromatic hydroxyl groups is 2. The van der Waals surface area contributed by atoms with Crippen molar-refractivity contribution in [3.63, 3.8) is 0 Å². The first-order chi connectivity index (χ1) is 29.1. The number of halogens is 2. The lowest BCUT2D eigenvalue weighted by Crippen LogP contribution is -2.12. The van der Waals surface area contributed by atoms with Crippen LogP contribution in [0.4, 0.5) is 28.4 Å². The van der Waals surface area contributed by atoms with Crippen molar-refractivity contribution in [3.05, 3.63) is 183 Å². The van der Waals surface area contributed by atoms with Crippen LogP contribution in [-0.2, 0) is 6.42 Å². The van der Waals surface area contributed by atoms with Gasteiger partial charge in [-0.25, -0.2) is 0 Å². The lowest BCUT2D eigenvalue weighted by molar-refractivity contribution is 0.0987. The van der Waals surface area contributed by atoms with E-state index in [0.29, 0.717) is 70.9 Å². The van der Waals surface area contributed by atoms with Crippen molar-refractivity contribution in [1.29, 1.82) is 0 Å². The second-order valence-electron chi connectivity index (χ2n) is 14.1. The fourth-order valence-electron chi connectivity index (χ4n) is 7.23. The Bertz CT molecular complexity index is 2940. The molecular formula is C48H29Cl2N5O5. The van der Waals surface area contributed by atoms with Crippen LogP contribution < -0.4 is 5.32 Å². The lowest BCUT2D eigenvalue weighted by Gasteiger charge is -2.11. The predicted octanol–water partition coefficient (Wildman–Crippen LogP) is 13.4. The molecule has 0 heterocycles. The number of ketones is 2. The van der Waals surface area contributed by atoms with Gasteiger partial charge in [0.05, 0.1) is 22.5 Å². The molecule has 60 heavy (non-hydrogen) atoms. The Hall–Kier alpha value is -7.53. The molecule has 0 saturated heterocycles. The van der Waals surface area contributed by atoms with Crippen LogP contribution in [0.2, 0.25) is 10.0 Å². The number of nitrogens with one attached hydrogen (secondary N) is 1. The van der Waals surface area contributed by atoms with Crippen molar-refractivity contribution in [2.24, 2.45) is 20.5 Å². The number of azo groups is 2. The molecule has 1 amide bonds. The quantitative estimate of drug-likeness (QED) is 0.0976. The average Bonchev–Trinajstić information content (AvgIpc) is 3.53. The minimum absolute atomic E-state index is 0.00359. The maximum atomic E-state index is 13.9. The Morgan fingerprint density at radius 1 is 0.533 bits per heavy atom. The topological polar surface area (TPSA) is 153 Å². The third-order valence-corrected chi connectivity index (χ3v) is 10.7. The van der Waals surface area contributed by atoms with Gasteiger partial charge in [0.25, 0.3) is 5.91 Å². The number of phenols is 2. The first-order valence-corrected chi connectivity index (χ1v) is 19.4. The Balaban J connectivity index is 0.989. The van der Waals surface area contributed by atoms with E-state index in [1.54, 1.807) is 127 Å². The van der Waals surface area contributed by atoms with E-state index in [1.807, 2.05) is 18.2 Å². The number of carbonyl (C=O) groups is 3. The molecule has 0 fully saturated rings. The van der Waals surface area contributed by atoms with Crippen molar-refractivity contribution in [2.75, 3.05) is 5.32 Å². The molecule has 0 radical (unpaired) electrons. The molecule has 0 aliphatic heterocycles. The van der Waals surface area contributed by atoms with Gasteiger partial charge in [-0.15, -0.1) is 10.2 Å². The highest BCUT2D eigenvalue weighted by Crippen LogP contribution is 2.44. The molecule has 8 aromatic rings. The normalized spacial score (nSPS) is 12.1. The van der Waals surface area contributed by atoms with E-state index in [4.69, 9.17) is 23.2 Å². The minimum atomic E-state index is -0.546. The molecule has 0 saturated carbocycles. The van der Waals surface area contributed by atoms with Gasteiger partial charge in [0.1, 0.15) is 11.4 Å². The van der Waals surface area contributed by atoms with Crippen molar-refractivity contribution >= 4 is 90.7 Å². The highest BCUT2D eigenvalue weighted by Gasteiger charge is 2.28. The maximum absolute atomic E-state index is 13.9. The molecule has 0 atom stereocenters. The third kappa shape index (κ3) is 7.26. The zero-order chi connectivity index (χ0) is 41.5. The molecule has 0 unspecified atom stereocenters. The monoisotopic (exact) mass is 825 g/mol. The summed E-state index contributed by atoms with van der Waals surface area (Å²) in [5.74, 6) is -1.75. The van der Waals surface area contributed by atoms with Gasteiger partial charge in [0, 0.05) is 44.1 Å². The molecule has 0 spiro atoms. The number of fused-ring (bicyclic) bond motifs is 5. The zero-order valence-corrected chi connectivity index (χ0v) is 32.7. The summed E-state index contributed by atoms with van der Waals surface area (Å²) >= 11 is 12.0. The maximum Gasteiger partial charge on any atom is 0.259 e. The number of anilines is 1. The largest absolute Gasteiger partial charge is 0.505 e. The number of carbonyl (C=O) groups excluding carboxylic acids is 3. The molecule has 12 heteroatoms. The number of hydrogen-bond acceptors (Lipinski definition) is 9. The van der Waals surface area contributed by atoms with Crippen LogP contribution in [0.5, 0.6) is 11.5 Å². The van der Waals surface area contributed by atoms with Crippen LogP contribution >= 0.6 is 23.2 Å². The molecule has 0 bridgehead atoms. The van der Waals surface area contributed by atoms with Crippen LogP contribution in [0, 0.1) is 0 Å². The Morgan fingerprint density at radius 3 is 1.57 bits per heavy atom. The standard InChI is InChI=1S/C48H29Cl2N5O5/c49-29-11-9-26(10-12-29)21-42(56)40-22-27-5-1-3-7-34(27)43(46(40)58)54-52-32-17-19-36-37-20-18-33(25-39(37)45(57)38(36)24-32)53-55-44-35-8-4-2-6-28(35)23-41(47(44)59)48(60)51-31-15-13-30(50)14-16-31/h1-20,22-25,58-59H,21H2,(H,51,60). The first kappa shape index (κ1) is 38.0. The van der Waals surface area contributed by atoms with Crippen LogP contribution in [0.15, 0.2) is 166 Å². The lowest BCUT2D eigenvalue weighted by atomic mass is 9.97. The van der Waals surface area contributed by atoms with E-state index in [1.165, 1.54) is 0 Å². The summed E-state index contributed by atoms with van der Waals surface area (Å²) in [7, 11) is 0. The predicted molar refractivity (Wildman–Crippen MR) is 234 cm³/mol. The SMILES string of the molecule is O=C1c2cc(N=Nc3c(O)c(C(=O)Cc4ccc(Cl)cc4)cc4ccccc34)ccc2-c2ccc(N=Nc3c(O)c(C(=O)Nc4ccc(Cl)cc4)cc4ccccc34)cc21. The molecule has 8 aromatic carbocycles. The number of Topliss-reactive ketones (excluding diaryl/α,β-unsaturated/α-hetero) is 1. The van der Waals surface area contributed by atoms with E-state index in [9.17, 15) is 24.6 Å². The summed E-state index contributed by atoms with van der Waals surface area (Å²) in [6.45, 7) is 0. The molecule has 1 aliphatic carbocycles. The van der Waals surface area contributed by atoms with Gasteiger partial charge in [-0.1, -0.05) is 96.0 Å². The average molecular weight is 827 g/mol. The molecule has 9 rings (SSSR count). The summed E-state index contributed by atoms with van der Waals surface area (Å²) < 4.78 is 0. The van der Waals surface area contributed by atoms with Gasteiger partial charge < -0.3 is 15.5 Å². The number of rotatable bonds is 9. The number of nitrogens with zero attached hydrogens (tertiary/aromatic N) is 4. The van der Waals surface area contributed by atoms with Gasteiger partial charge >= 0.3 is 0 Å². The Kier molecular flexibility index (Phi) is 9.93. The van der Waals surface area contributed by atoms with Crippen LogP contribution in [0.1, 0.15) is 42.2 Å². The van der Waals surface area contributed by atoms with Crippen molar-refractivity contribution in [3.8, 4) is 22.6 Å². The van der Waals surface area contributed by atoms with E-state index in [-0.39, 0.29) is 52.0 Å². The highest BCUT2D eigenvalue weighted by molar-refractivity contribution is 6.31. The molecule has 10 nitrogen and oxygen atoms in total. The van der Waals surface area contributed by atoms with Crippen molar-refractivity contribution < 1.29 is 24.6 Å². The van der Waals surface area contributed by atoms with Crippen LogP contribution in [-0.4, -0.2) is 27.7 Å². The minimum Gasteiger partial charge on any atom is -0.505 e. The van der Waals surface area contributed by atoms with Crippen LogP contribution in [0.25, 0.3) is 32.7 Å². The first-order valence-electron chi connectivity index (χ1n) is 18.6. The van der Waals surface area contributed by atoms with Crippen molar-refractivity contribution in [2.45, 2.75) is 6.42 Å². The second kappa shape index (κ2) is 15.7. The fourth-order valence-corrected chi connectivity index (χ4v) is 7.48. The Morgan fingerprint density at radius 2 is 1.02 bits per heavy atom. The summed E-state index contributed by atoms with van der Waals surface area (Å²) in [5.41, 5.74) is 4.48. The summed E-state index contributed by atoms with van der Waals surface area (Å²) in [6.07, 6.45) is 0.0490. The van der Waals surface area contributed by atoms with Gasteiger partial charge in [-0.2, -0.15) is 10.2 Å². The van der Waals surface area contributed by atoms with Gasteiger partial charge in [0.15, 0.2) is 23.1 Å². The molecule has 290 valence electrons. The van der Waals surface area contributed by atoms with Gasteiger partial charge in [-0.05, 0) is 100 Å². The Labute approximate surface area is 352 Å². The zero-order valence-electron chi connectivity index (χ0n) is 31.2. The third-order valence-electron chi connectivity index (χ3n) is 10.2. The number of hydrogen-bond donors (Lipinski definition) is 3. The smallest absolute Gasteiger partial charge is 0.259 e. The van der Waals surface area contributed by atoms with Gasteiger partial charge in [-0.3, -0.25) is 14.4 Å². The van der Waals surface area contributed by atoms with Crippen molar-refractivity contribution in [1.82, 2.24) is 0 Å². The second-order valence-corrected chi connectivity index (χ2v) is 14.9. The van der Waals surface area contributed by atoms with E-state index in [2.05, 4.69) is 25.8 Å². The highest BCUT2D eigenvalue weighted by atomic mass is 35.5. The summed E-state index contributed by atoms with van der Waals surface area (Å²) in [4.78, 5) is 40.6. The molecular weight excluding hydrogens is 797 g/mol. The van der Waals surface area contributed by atoms with E-state index in [0.717, 1.165) is 5.56 Å². The molecule has 1 aliphatic rings. The van der Waals surface area contributed by atoms with Crippen LogP contribution in [0.3, 0.4) is 0 Å². The van der Waals surface area contributed by atoms with E-state index < -0.39 is 5.91 Å². The molecule has 0 aromatic heterocycles. The number of amides is 1. The molecule has 3 N–H and O–H groups in total. The number of phenolic OH excluding ortho intramolecular Hbond substituents is 2.